The summed E-state index contributed by atoms with van der Waals surface area (Å²) in [5.41, 5.74) is 6.78. The van der Waals surface area contributed by atoms with Crippen molar-refractivity contribution in [2.24, 2.45) is 5.73 Å². The van der Waals surface area contributed by atoms with E-state index in [9.17, 15) is 0 Å². The zero-order valence-corrected chi connectivity index (χ0v) is 17.4. The van der Waals surface area contributed by atoms with Gasteiger partial charge in [-0.05, 0) is 37.7 Å². The summed E-state index contributed by atoms with van der Waals surface area (Å²) in [7, 11) is 1.68. The third-order valence-corrected chi connectivity index (χ3v) is 5.16. The van der Waals surface area contributed by atoms with Crippen molar-refractivity contribution < 1.29 is 14.2 Å². The third-order valence-electron chi connectivity index (χ3n) is 5.16. The van der Waals surface area contributed by atoms with Crippen molar-refractivity contribution in [3.8, 4) is 17.2 Å². The summed E-state index contributed by atoms with van der Waals surface area (Å²) in [6.07, 6.45) is 1.07. The van der Waals surface area contributed by atoms with Crippen LogP contribution in [0.5, 0.6) is 17.2 Å². The molecule has 1 heterocycles. The number of nitrogens with zero attached hydrogens (tertiary/aromatic N) is 2. The summed E-state index contributed by atoms with van der Waals surface area (Å²) >= 11 is 0. The molecule has 1 fully saturated rings. The molecule has 0 aromatic heterocycles. The van der Waals surface area contributed by atoms with Crippen LogP contribution in [0.3, 0.4) is 0 Å². The van der Waals surface area contributed by atoms with E-state index in [1.165, 1.54) is 0 Å². The molecular formula is C23H33N3O3. The Hall–Kier alpha value is -2.28. The van der Waals surface area contributed by atoms with E-state index in [1.807, 2.05) is 42.5 Å². The van der Waals surface area contributed by atoms with E-state index < -0.39 is 0 Å². The van der Waals surface area contributed by atoms with Crippen molar-refractivity contribution in [1.29, 1.82) is 0 Å². The Morgan fingerprint density at radius 1 is 0.862 bits per heavy atom. The lowest BCUT2D eigenvalue weighted by atomic mass is 10.1. The molecule has 2 N–H and O–H groups in total. The van der Waals surface area contributed by atoms with Gasteiger partial charge in [0.25, 0.3) is 0 Å². The summed E-state index contributed by atoms with van der Waals surface area (Å²) < 4.78 is 17.4. The molecule has 0 saturated carbocycles. The molecule has 2 aromatic rings. The van der Waals surface area contributed by atoms with Crippen molar-refractivity contribution in [3.05, 3.63) is 54.1 Å². The summed E-state index contributed by atoms with van der Waals surface area (Å²) in [5, 5.41) is 0. The van der Waals surface area contributed by atoms with Crippen LogP contribution in [0.15, 0.2) is 48.5 Å². The summed E-state index contributed by atoms with van der Waals surface area (Å²) in [6.45, 7) is 7.96. The zero-order valence-electron chi connectivity index (χ0n) is 17.4. The molecule has 0 spiro atoms. The second kappa shape index (κ2) is 11.7. The van der Waals surface area contributed by atoms with Crippen LogP contribution in [0.1, 0.15) is 12.0 Å². The topological polar surface area (TPSA) is 60.2 Å². The zero-order chi connectivity index (χ0) is 20.3. The SMILES string of the molecule is COc1cccc(CN2CCN(CCCN)CC2)c1OCCOc1ccccc1. The van der Waals surface area contributed by atoms with Crippen LogP contribution in [-0.2, 0) is 6.54 Å². The Bertz CT molecular complexity index is 719. The Kier molecular flexibility index (Phi) is 8.61. The predicted molar refractivity (Wildman–Crippen MR) is 116 cm³/mol. The molecule has 0 aliphatic carbocycles. The Morgan fingerprint density at radius 3 is 2.31 bits per heavy atom. The van der Waals surface area contributed by atoms with E-state index in [0.717, 1.165) is 75.0 Å². The Balaban J connectivity index is 1.53. The largest absolute Gasteiger partial charge is 0.493 e. The maximum absolute atomic E-state index is 6.10. The predicted octanol–water partition coefficient (Wildman–Crippen LogP) is 2.62. The fourth-order valence-electron chi connectivity index (χ4n) is 3.56. The van der Waals surface area contributed by atoms with Gasteiger partial charge < -0.3 is 24.8 Å². The standard InChI is InChI=1S/C23H33N3O3/c1-27-22-10-5-7-20(19-26-15-13-25(14-16-26)12-6-11-24)23(22)29-18-17-28-21-8-3-2-4-9-21/h2-5,7-10H,6,11-19,24H2,1H3. The van der Waals surface area contributed by atoms with Crippen molar-refractivity contribution >= 4 is 0 Å². The van der Waals surface area contributed by atoms with E-state index in [0.29, 0.717) is 13.2 Å². The highest BCUT2D eigenvalue weighted by Crippen LogP contribution is 2.32. The van der Waals surface area contributed by atoms with Crippen LogP contribution in [0.2, 0.25) is 0 Å². The first-order valence-electron chi connectivity index (χ1n) is 10.4. The molecule has 6 nitrogen and oxygen atoms in total. The molecule has 0 atom stereocenters. The summed E-state index contributed by atoms with van der Waals surface area (Å²) in [4.78, 5) is 4.97. The number of rotatable bonds is 11. The van der Waals surface area contributed by atoms with Crippen LogP contribution < -0.4 is 19.9 Å². The van der Waals surface area contributed by atoms with Gasteiger partial charge in [-0.2, -0.15) is 0 Å². The molecule has 2 aromatic carbocycles. The van der Waals surface area contributed by atoms with E-state index in [4.69, 9.17) is 19.9 Å². The smallest absolute Gasteiger partial charge is 0.165 e. The van der Waals surface area contributed by atoms with Crippen molar-refractivity contribution in [2.45, 2.75) is 13.0 Å². The maximum Gasteiger partial charge on any atom is 0.165 e. The molecule has 0 amide bonds. The minimum atomic E-state index is 0.467. The lowest BCUT2D eigenvalue weighted by Crippen LogP contribution is -2.46. The van der Waals surface area contributed by atoms with E-state index in [1.54, 1.807) is 7.11 Å². The van der Waals surface area contributed by atoms with Gasteiger partial charge in [-0.15, -0.1) is 0 Å². The summed E-state index contributed by atoms with van der Waals surface area (Å²) in [6, 6.07) is 15.9. The second-order valence-electron chi connectivity index (χ2n) is 7.22. The molecule has 1 saturated heterocycles. The molecule has 1 aliphatic heterocycles. The molecule has 158 valence electrons. The highest BCUT2D eigenvalue weighted by atomic mass is 16.5. The van der Waals surface area contributed by atoms with Gasteiger partial charge in [-0.3, -0.25) is 4.90 Å². The van der Waals surface area contributed by atoms with Crippen LogP contribution in [0.4, 0.5) is 0 Å². The monoisotopic (exact) mass is 399 g/mol. The average molecular weight is 400 g/mol. The van der Waals surface area contributed by atoms with Crippen molar-refractivity contribution in [3.63, 3.8) is 0 Å². The quantitative estimate of drug-likeness (QED) is 0.586. The minimum absolute atomic E-state index is 0.467. The Labute approximate surface area is 174 Å². The lowest BCUT2D eigenvalue weighted by molar-refractivity contribution is 0.125. The van der Waals surface area contributed by atoms with Gasteiger partial charge in [-0.25, -0.2) is 0 Å². The van der Waals surface area contributed by atoms with Gasteiger partial charge in [0.15, 0.2) is 11.5 Å². The van der Waals surface area contributed by atoms with Gasteiger partial charge in [-0.1, -0.05) is 30.3 Å². The molecule has 1 aliphatic rings. The van der Waals surface area contributed by atoms with Gasteiger partial charge in [0, 0.05) is 38.3 Å². The summed E-state index contributed by atoms with van der Waals surface area (Å²) in [5.74, 6) is 2.44. The van der Waals surface area contributed by atoms with E-state index >= 15 is 0 Å². The van der Waals surface area contributed by atoms with E-state index in [-0.39, 0.29) is 0 Å². The highest BCUT2D eigenvalue weighted by molar-refractivity contribution is 5.46. The number of hydrogen-bond acceptors (Lipinski definition) is 6. The first-order chi connectivity index (χ1) is 14.3. The van der Waals surface area contributed by atoms with E-state index in [2.05, 4.69) is 15.9 Å². The molecule has 0 bridgehead atoms. The average Bonchev–Trinajstić information content (AvgIpc) is 2.77. The molecular weight excluding hydrogens is 366 g/mol. The first kappa shape index (κ1) is 21.4. The molecule has 0 unspecified atom stereocenters. The van der Waals surface area contributed by atoms with Gasteiger partial charge in [0.2, 0.25) is 0 Å². The van der Waals surface area contributed by atoms with Gasteiger partial charge in [0.1, 0.15) is 19.0 Å². The van der Waals surface area contributed by atoms with Crippen LogP contribution in [-0.4, -0.2) is 69.4 Å². The van der Waals surface area contributed by atoms with Crippen molar-refractivity contribution in [2.75, 3.05) is 59.6 Å². The normalized spacial score (nSPS) is 15.2. The highest BCUT2D eigenvalue weighted by Gasteiger charge is 2.19. The second-order valence-corrected chi connectivity index (χ2v) is 7.22. The number of methoxy groups -OCH3 is 1. The van der Waals surface area contributed by atoms with Gasteiger partial charge in [0.05, 0.1) is 7.11 Å². The van der Waals surface area contributed by atoms with Crippen LogP contribution in [0, 0.1) is 0 Å². The fourth-order valence-corrected chi connectivity index (χ4v) is 3.56. The van der Waals surface area contributed by atoms with Crippen LogP contribution in [0.25, 0.3) is 0 Å². The number of piperazine rings is 1. The number of hydrogen-bond donors (Lipinski definition) is 1. The maximum atomic E-state index is 6.10. The minimum Gasteiger partial charge on any atom is -0.493 e. The van der Waals surface area contributed by atoms with Crippen molar-refractivity contribution in [1.82, 2.24) is 9.80 Å². The van der Waals surface area contributed by atoms with Gasteiger partial charge >= 0.3 is 0 Å². The third kappa shape index (κ3) is 6.63. The number of para-hydroxylation sites is 2. The molecule has 6 heteroatoms. The molecule has 3 rings (SSSR count). The number of ether oxygens (including phenoxy) is 3. The molecule has 29 heavy (non-hydrogen) atoms. The molecule has 0 radical (unpaired) electrons. The van der Waals surface area contributed by atoms with Crippen LogP contribution >= 0.6 is 0 Å². The first-order valence-corrected chi connectivity index (χ1v) is 10.4. The lowest BCUT2D eigenvalue weighted by Gasteiger charge is -2.35. The number of nitrogens with two attached hydrogens (primary N) is 1. The number of benzene rings is 2. The fraction of sp³-hybridized carbons (Fsp3) is 0.478. The Morgan fingerprint density at radius 2 is 1.59 bits per heavy atom.